The second kappa shape index (κ2) is 6.44. The van der Waals surface area contributed by atoms with Gasteiger partial charge >= 0.3 is 0 Å². The molecule has 2 aromatic heterocycles. The third-order valence-corrected chi connectivity index (χ3v) is 4.71. The minimum atomic E-state index is 0.270. The van der Waals surface area contributed by atoms with Crippen molar-refractivity contribution in [3.63, 3.8) is 0 Å². The minimum Gasteiger partial charge on any atom is -0.378 e. The summed E-state index contributed by atoms with van der Waals surface area (Å²) in [7, 11) is 0. The van der Waals surface area contributed by atoms with Gasteiger partial charge in [-0.15, -0.1) is 0 Å². The highest BCUT2D eigenvalue weighted by Gasteiger charge is 2.29. The second-order valence-electron chi connectivity index (χ2n) is 6.64. The van der Waals surface area contributed by atoms with Crippen molar-refractivity contribution in [1.29, 1.82) is 0 Å². The fourth-order valence-electron chi connectivity index (χ4n) is 3.37. The third kappa shape index (κ3) is 2.97. The Balaban J connectivity index is 1.83. The molecule has 0 aliphatic carbocycles. The highest BCUT2D eigenvalue weighted by atomic mass is 16.5. The number of rotatable bonds is 3. The van der Waals surface area contributed by atoms with Crippen molar-refractivity contribution < 1.29 is 4.74 Å². The van der Waals surface area contributed by atoms with Gasteiger partial charge < -0.3 is 20.3 Å². The molecule has 0 aromatic carbocycles. The van der Waals surface area contributed by atoms with E-state index in [0.717, 1.165) is 49.1 Å². The number of nitrogens with two attached hydrogens (primary N) is 1. The van der Waals surface area contributed by atoms with Crippen LogP contribution in [0.1, 0.15) is 19.4 Å². The van der Waals surface area contributed by atoms with Gasteiger partial charge in [0.25, 0.3) is 0 Å². The van der Waals surface area contributed by atoms with E-state index in [1.54, 1.807) is 12.4 Å². The quantitative estimate of drug-likeness (QED) is 0.888. The number of ether oxygens (including phenoxy) is 1. The number of fused-ring (bicyclic) bond motifs is 1. The molecule has 2 N–H and O–H groups in total. The van der Waals surface area contributed by atoms with E-state index < -0.39 is 0 Å². The predicted octanol–water partition coefficient (Wildman–Crippen LogP) is 1.12. The molecule has 1 fully saturated rings. The summed E-state index contributed by atoms with van der Waals surface area (Å²) in [6.45, 7) is 8.35. The largest absolute Gasteiger partial charge is 0.378 e. The summed E-state index contributed by atoms with van der Waals surface area (Å²) >= 11 is 0. The van der Waals surface area contributed by atoms with E-state index in [1.807, 2.05) is 0 Å². The van der Waals surface area contributed by atoms with Crippen LogP contribution < -0.4 is 15.5 Å². The van der Waals surface area contributed by atoms with Crippen LogP contribution in [0.4, 0.5) is 17.7 Å². The van der Waals surface area contributed by atoms with Crippen molar-refractivity contribution in [1.82, 2.24) is 19.9 Å². The monoisotopic (exact) mass is 341 g/mol. The molecule has 0 spiro atoms. The maximum Gasteiger partial charge on any atom is 0.228 e. The molecule has 4 heterocycles. The molecule has 4 rings (SSSR count). The molecule has 132 valence electrons. The minimum absolute atomic E-state index is 0.270. The zero-order chi connectivity index (χ0) is 17.4. The maximum atomic E-state index is 5.64. The van der Waals surface area contributed by atoms with Crippen LogP contribution in [0.15, 0.2) is 12.4 Å². The number of anilines is 3. The highest BCUT2D eigenvalue weighted by molar-refractivity contribution is 5.72. The summed E-state index contributed by atoms with van der Waals surface area (Å²) in [5.41, 5.74) is 8.60. The molecule has 0 bridgehead atoms. The molecule has 0 saturated carbocycles. The van der Waals surface area contributed by atoms with Crippen molar-refractivity contribution in [3.8, 4) is 11.3 Å². The molecule has 1 saturated heterocycles. The Morgan fingerprint density at radius 2 is 1.80 bits per heavy atom. The molecule has 2 aliphatic rings. The summed E-state index contributed by atoms with van der Waals surface area (Å²) < 4.78 is 5.46. The standard InChI is InChI=1S/C17H23N7O/c1-11(2)24-4-3-13-14(12-9-19-16(18)20-10-12)21-17(22-15(13)24)23-5-7-25-8-6-23/h9-11H,3-8H2,1-2H3,(H2,18,19,20). The first kappa shape index (κ1) is 16.0. The van der Waals surface area contributed by atoms with E-state index in [2.05, 4.69) is 33.6 Å². The molecule has 0 atom stereocenters. The van der Waals surface area contributed by atoms with Crippen LogP contribution in [0.5, 0.6) is 0 Å². The first-order valence-corrected chi connectivity index (χ1v) is 8.71. The zero-order valence-corrected chi connectivity index (χ0v) is 14.6. The van der Waals surface area contributed by atoms with Crippen LogP contribution in [-0.2, 0) is 11.2 Å². The van der Waals surface area contributed by atoms with Gasteiger partial charge in [0.2, 0.25) is 11.9 Å². The van der Waals surface area contributed by atoms with E-state index in [4.69, 9.17) is 20.4 Å². The van der Waals surface area contributed by atoms with Gasteiger partial charge in [0, 0.05) is 49.2 Å². The molecule has 0 radical (unpaired) electrons. The van der Waals surface area contributed by atoms with E-state index in [-0.39, 0.29) is 5.95 Å². The molecular formula is C17H23N7O. The van der Waals surface area contributed by atoms with Crippen LogP contribution in [0.25, 0.3) is 11.3 Å². The Labute approximate surface area is 147 Å². The summed E-state index contributed by atoms with van der Waals surface area (Å²) in [5, 5.41) is 0. The van der Waals surface area contributed by atoms with Crippen molar-refractivity contribution in [3.05, 3.63) is 18.0 Å². The van der Waals surface area contributed by atoms with Crippen LogP contribution in [0, 0.1) is 0 Å². The fourth-order valence-corrected chi connectivity index (χ4v) is 3.37. The van der Waals surface area contributed by atoms with Crippen LogP contribution in [0.3, 0.4) is 0 Å². The Hall–Kier alpha value is -2.48. The van der Waals surface area contributed by atoms with Gasteiger partial charge in [0.1, 0.15) is 5.82 Å². The summed E-state index contributed by atoms with van der Waals surface area (Å²) in [6.07, 6.45) is 4.41. The normalized spacial score (nSPS) is 17.2. The lowest BCUT2D eigenvalue weighted by Crippen LogP contribution is -2.38. The number of nitrogens with zero attached hydrogens (tertiary/aromatic N) is 6. The fraction of sp³-hybridized carbons (Fsp3) is 0.529. The van der Waals surface area contributed by atoms with Gasteiger partial charge in [0.05, 0.1) is 18.9 Å². The molecule has 0 unspecified atom stereocenters. The van der Waals surface area contributed by atoms with Crippen LogP contribution in [0.2, 0.25) is 0 Å². The SMILES string of the molecule is CC(C)N1CCc2c(-c3cnc(N)nc3)nc(N3CCOCC3)nc21. The maximum absolute atomic E-state index is 5.64. The zero-order valence-electron chi connectivity index (χ0n) is 14.6. The Morgan fingerprint density at radius 1 is 1.08 bits per heavy atom. The van der Waals surface area contributed by atoms with Crippen LogP contribution in [-0.4, -0.2) is 58.8 Å². The molecule has 8 nitrogen and oxygen atoms in total. The van der Waals surface area contributed by atoms with Crippen LogP contribution >= 0.6 is 0 Å². The van der Waals surface area contributed by atoms with Gasteiger partial charge in [-0.2, -0.15) is 4.98 Å². The predicted molar refractivity (Wildman–Crippen MR) is 96.7 cm³/mol. The first-order chi connectivity index (χ1) is 12.1. The van der Waals surface area contributed by atoms with Gasteiger partial charge in [-0.05, 0) is 20.3 Å². The lowest BCUT2D eigenvalue weighted by atomic mass is 10.1. The molecule has 2 aromatic rings. The number of nitrogen functional groups attached to an aromatic ring is 1. The molecule has 8 heteroatoms. The summed E-state index contributed by atoms with van der Waals surface area (Å²) in [4.78, 5) is 22.6. The van der Waals surface area contributed by atoms with Gasteiger partial charge in [-0.1, -0.05) is 0 Å². The average Bonchev–Trinajstić information content (AvgIpc) is 3.07. The Bertz CT molecular complexity index is 756. The van der Waals surface area contributed by atoms with Crippen molar-refractivity contribution in [2.45, 2.75) is 26.3 Å². The third-order valence-electron chi connectivity index (χ3n) is 4.71. The lowest BCUT2D eigenvalue weighted by Gasteiger charge is -2.29. The molecule has 0 amide bonds. The van der Waals surface area contributed by atoms with Gasteiger partial charge in [-0.3, -0.25) is 0 Å². The molecular weight excluding hydrogens is 318 g/mol. The second-order valence-corrected chi connectivity index (χ2v) is 6.64. The van der Waals surface area contributed by atoms with Crippen molar-refractivity contribution in [2.24, 2.45) is 0 Å². The molecule has 25 heavy (non-hydrogen) atoms. The Morgan fingerprint density at radius 3 is 2.48 bits per heavy atom. The van der Waals surface area contributed by atoms with Gasteiger partial charge in [-0.25, -0.2) is 15.0 Å². The smallest absolute Gasteiger partial charge is 0.228 e. The number of aromatic nitrogens is 4. The molecule has 2 aliphatic heterocycles. The first-order valence-electron chi connectivity index (χ1n) is 8.71. The number of morpholine rings is 1. The van der Waals surface area contributed by atoms with Crippen molar-refractivity contribution >= 4 is 17.7 Å². The van der Waals surface area contributed by atoms with E-state index >= 15 is 0 Å². The number of hydrogen-bond donors (Lipinski definition) is 1. The van der Waals surface area contributed by atoms with Crippen molar-refractivity contribution in [2.75, 3.05) is 48.4 Å². The topological polar surface area (TPSA) is 93.3 Å². The average molecular weight is 341 g/mol. The highest BCUT2D eigenvalue weighted by Crippen LogP contribution is 2.36. The number of hydrogen-bond acceptors (Lipinski definition) is 8. The van der Waals surface area contributed by atoms with E-state index in [0.29, 0.717) is 19.3 Å². The van der Waals surface area contributed by atoms with E-state index in [1.165, 1.54) is 5.56 Å². The lowest BCUT2D eigenvalue weighted by molar-refractivity contribution is 0.122. The van der Waals surface area contributed by atoms with Gasteiger partial charge in [0.15, 0.2) is 0 Å². The Kier molecular flexibility index (Phi) is 4.12. The summed E-state index contributed by atoms with van der Waals surface area (Å²) in [6, 6.07) is 0.393. The summed E-state index contributed by atoms with van der Waals surface area (Å²) in [5.74, 6) is 2.05. The van der Waals surface area contributed by atoms with E-state index in [9.17, 15) is 0 Å².